The third-order valence-corrected chi connectivity index (χ3v) is 7.02. The van der Waals surface area contributed by atoms with Crippen molar-refractivity contribution in [1.29, 1.82) is 0 Å². The summed E-state index contributed by atoms with van der Waals surface area (Å²) in [4.78, 5) is 12.9. The van der Waals surface area contributed by atoms with Crippen LogP contribution in [-0.2, 0) is 0 Å². The van der Waals surface area contributed by atoms with Crippen LogP contribution in [0.25, 0.3) is 32.0 Å². The van der Waals surface area contributed by atoms with Gasteiger partial charge in [-0.25, -0.2) is 9.37 Å². The van der Waals surface area contributed by atoms with Crippen molar-refractivity contribution in [2.75, 3.05) is 0 Å². The van der Waals surface area contributed by atoms with Crippen molar-refractivity contribution in [3.8, 4) is 16.7 Å². The lowest BCUT2D eigenvalue weighted by Gasteiger charge is -2.12. The molecule has 6 nitrogen and oxygen atoms in total. The third kappa shape index (κ3) is 9.24. The Hall–Kier alpha value is -4.01. The molecule has 44 heavy (non-hydrogen) atoms. The minimum atomic E-state index is -0.272. The average Bonchev–Trinajstić information content (AvgIpc) is 3.35. The summed E-state index contributed by atoms with van der Waals surface area (Å²) in [6.07, 6.45) is 2.15. The summed E-state index contributed by atoms with van der Waals surface area (Å²) in [6.45, 7) is 13.8. The molecule has 0 atom stereocenters. The molecule has 0 saturated carbocycles. The maximum atomic E-state index is 13.2. The monoisotopic (exact) mass is 633 g/mol. The zero-order valence-corrected chi connectivity index (χ0v) is 27.5. The summed E-state index contributed by atoms with van der Waals surface area (Å²) in [7, 11) is 0. The van der Waals surface area contributed by atoms with Gasteiger partial charge in [-0.3, -0.25) is 9.97 Å². The smallest absolute Gasteiger partial charge is 0.274 e. The first-order chi connectivity index (χ1) is 21.0. The van der Waals surface area contributed by atoms with Gasteiger partial charge in [-0.15, -0.1) is 0 Å². The molecule has 3 aromatic heterocycles. The van der Waals surface area contributed by atoms with Gasteiger partial charge < -0.3 is 14.2 Å². The van der Waals surface area contributed by atoms with Crippen LogP contribution in [0.1, 0.15) is 47.2 Å². The summed E-state index contributed by atoms with van der Waals surface area (Å²) in [5.74, 6) is 1.27. The number of rotatable bonds is 6. The number of hydrogen-bond acceptors (Lipinski definition) is 7. The Morgan fingerprint density at radius 1 is 0.682 bits per heavy atom. The van der Waals surface area contributed by atoms with Gasteiger partial charge in [-0.2, -0.15) is 0 Å². The highest BCUT2D eigenvalue weighted by Crippen LogP contribution is 2.29. The molecular formula is C35H37ClFN3O3S. The van der Waals surface area contributed by atoms with E-state index in [1.54, 1.807) is 23.6 Å². The number of ether oxygens (including phenoxy) is 3. The van der Waals surface area contributed by atoms with Gasteiger partial charge >= 0.3 is 0 Å². The predicted molar refractivity (Wildman–Crippen MR) is 180 cm³/mol. The Kier molecular flexibility index (Phi) is 11.3. The zero-order chi connectivity index (χ0) is 31.8. The van der Waals surface area contributed by atoms with E-state index in [0.717, 1.165) is 44.0 Å². The molecule has 9 heteroatoms. The molecule has 0 aliphatic rings. The molecule has 0 N–H and O–H groups in total. The molecule has 0 radical (unpaired) electrons. The highest BCUT2D eigenvalue weighted by molar-refractivity contribution is 7.20. The molecule has 0 unspecified atom stereocenters. The maximum absolute atomic E-state index is 13.2. The van der Waals surface area contributed by atoms with Crippen LogP contribution >= 0.6 is 22.9 Å². The fourth-order valence-corrected chi connectivity index (χ4v) is 5.30. The van der Waals surface area contributed by atoms with Gasteiger partial charge in [0.25, 0.3) is 5.19 Å². The summed E-state index contributed by atoms with van der Waals surface area (Å²) < 4.78 is 31.2. The number of thiazole rings is 1. The average molecular weight is 634 g/mol. The number of benzene rings is 3. The third-order valence-electron chi connectivity index (χ3n) is 5.86. The van der Waals surface area contributed by atoms with E-state index in [2.05, 4.69) is 21.0 Å². The van der Waals surface area contributed by atoms with E-state index >= 15 is 0 Å². The molecule has 0 fully saturated rings. The molecule has 0 aliphatic heterocycles. The number of pyridine rings is 2. The van der Waals surface area contributed by atoms with E-state index in [-0.39, 0.29) is 24.1 Å². The number of para-hydroxylation sites is 1. The lowest BCUT2D eigenvalue weighted by atomic mass is 10.2. The van der Waals surface area contributed by atoms with E-state index in [0.29, 0.717) is 10.8 Å². The number of nitrogens with zero attached hydrogens (tertiary/aromatic N) is 3. The van der Waals surface area contributed by atoms with Crippen LogP contribution in [0.4, 0.5) is 4.39 Å². The summed E-state index contributed by atoms with van der Waals surface area (Å²) in [5.41, 5.74) is 3.51. The van der Waals surface area contributed by atoms with E-state index in [1.807, 2.05) is 97.0 Å². The lowest BCUT2D eigenvalue weighted by Crippen LogP contribution is -2.06. The van der Waals surface area contributed by atoms with Gasteiger partial charge in [-0.1, -0.05) is 35.1 Å². The minimum absolute atomic E-state index is 0.0632. The van der Waals surface area contributed by atoms with Crippen LogP contribution < -0.4 is 14.2 Å². The molecule has 0 bridgehead atoms. The van der Waals surface area contributed by atoms with Crippen molar-refractivity contribution in [1.82, 2.24) is 15.0 Å². The first-order valence-electron chi connectivity index (χ1n) is 14.4. The van der Waals surface area contributed by atoms with E-state index in [9.17, 15) is 4.39 Å². The molecule has 0 aliphatic carbocycles. The minimum Gasteiger partial charge on any atom is -0.490 e. The first kappa shape index (κ1) is 32.9. The Morgan fingerprint density at radius 3 is 2.09 bits per heavy atom. The molecule has 0 saturated heterocycles. The molecule has 6 rings (SSSR count). The quantitative estimate of drug-likeness (QED) is 0.182. The zero-order valence-electron chi connectivity index (χ0n) is 26.0. The topological polar surface area (TPSA) is 66.4 Å². The Balaban J connectivity index is 0.000000151. The van der Waals surface area contributed by atoms with Gasteiger partial charge in [0.05, 0.1) is 39.6 Å². The fraction of sp³-hybridized carbons (Fsp3) is 0.286. The maximum Gasteiger partial charge on any atom is 0.274 e. The van der Waals surface area contributed by atoms with Crippen LogP contribution in [-0.4, -0.2) is 33.3 Å². The van der Waals surface area contributed by atoms with Gasteiger partial charge in [0.1, 0.15) is 17.3 Å². The Bertz CT molecular complexity index is 1810. The molecule has 230 valence electrons. The first-order valence-corrected chi connectivity index (χ1v) is 15.6. The van der Waals surface area contributed by atoms with Crippen molar-refractivity contribution in [2.24, 2.45) is 0 Å². The Labute approximate surface area is 266 Å². The second kappa shape index (κ2) is 15.1. The van der Waals surface area contributed by atoms with Gasteiger partial charge in [0, 0.05) is 33.8 Å². The number of aromatic nitrogens is 3. The molecule has 0 spiro atoms. The van der Waals surface area contributed by atoms with Crippen LogP contribution in [0.3, 0.4) is 0 Å². The van der Waals surface area contributed by atoms with Gasteiger partial charge in [0.2, 0.25) is 0 Å². The number of hydrogen-bond donors (Lipinski definition) is 0. The lowest BCUT2D eigenvalue weighted by molar-refractivity contribution is 0.242. The van der Waals surface area contributed by atoms with Crippen LogP contribution in [0.5, 0.6) is 16.7 Å². The number of halogens is 2. The largest absolute Gasteiger partial charge is 0.490 e. The second-order valence-electron chi connectivity index (χ2n) is 10.8. The standard InChI is InChI=1S/C13H14FNO.C12H12ClNO.C10H11NOS/c1-8(2)16-13-6-9(3)15-12-5-4-10(14)7-11(12)13;1-8(2)15-12-5-6-14-11-7-9(13)3-4-10(11)12;1-7(2)12-10-11-8-5-3-4-6-9(8)13-10/h4-8H,1-3H3;3-8H,1-2H3;3-7H,1-2H3. The SMILES string of the molecule is CC(C)Oc1ccnc2cc(Cl)ccc12.CC(C)Oc1nc2ccccc2s1.Cc1cc(OC(C)C)c2cc(F)ccc2n1. The normalized spacial score (nSPS) is 11.0. The van der Waals surface area contributed by atoms with Crippen molar-refractivity contribution in [3.63, 3.8) is 0 Å². The highest BCUT2D eigenvalue weighted by atomic mass is 35.5. The van der Waals surface area contributed by atoms with Crippen LogP contribution in [0, 0.1) is 12.7 Å². The van der Waals surface area contributed by atoms with Crippen molar-refractivity contribution in [2.45, 2.75) is 66.8 Å². The van der Waals surface area contributed by atoms with E-state index in [1.165, 1.54) is 16.8 Å². The second-order valence-corrected chi connectivity index (χ2v) is 12.3. The van der Waals surface area contributed by atoms with E-state index in [4.69, 9.17) is 25.8 Å². The summed E-state index contributed by atoms with van der Waals surface area (Å²) in [5, 5.41) is 3.17. The van der Waals surface area contributed by atoms with E-state index < -0.39 is 0 Å². The summed E-state index contributed by atoms with van der Waals surface area (Å²) >= 11 is 7.49. The highest BCUT2D eigenvalue weighted by Gasteiger charge is 2.08. The molecule has 0 amide bonds. The van der Waals surface area contributed by atoms with Crippen molar-refractivity contribution >= 4 is 55.0 Å². The van der Waals surface area contributed by atoms with Gasteiger partial charge in [-0.05, 0) is 103 Å². The van der Waals surface area contributed by atoms with Crippen molar-refractivity contribution in [3.05, 3.63) is 95.5 Å². The number of fused-ring (bicyclic) bond motifs is 3. The molecule has 6 aromatic rings. The van der Waals surface area contributed by atoms with Gasteiger partial charge in [0.15, 0.2) is 0 Å². The summed E-state index contributed by atoms with van der Waals surface area (Å²) in [6, 6.07) is 21.9. The molecule has 3 heterocycles. The molecular weight excluding hydrogens is 597 g/mol. The predicted octanol–water partition coefficient (Wildman–Crippen LogP) is 10.2. The van der Waals surface area contributed by atoms with Crippen LogP contribution in [0.2, 0.25) is 5.02 Å². The Morgan fingerprint density at radius 2 is 1.39 bits per heavy atom. The fourth-order valence-electron chi connectivity index (χ4n) is 4.20. The molecule has 3 aromatic carbocycles. The number of aryl methyl sites for hydroxylation is 1. The van der Waals surface area contributed by atoms with Crippen LogP contribution in [0.15, 0.2) is 79.0 Å². The van der Waals surface area contributed by atoms with Crippen molar-refractivity contribution < 1.29 is 18.6 Å².